The molecule has 1 aromatic carbocycles. The molecule has 24 heavy (non-hydrogen) atoms. The zero-order chi connectivity index (χ0) is 17.7. The number of benzene rings is 1. The smallest absolute Gasteiger partial charge is 0.274 e. The molecule has 0 aliphatic rings. The fourth-order valence-corrected chi connectivity index (χ4v) is 2.25. The normalized spacial score (nSPS) is 10.4. The number of hydrogen-bond donors (Lipinski definition) is 1. The Hall–Kier alpha value is -2.96. The van der Waals surface area contributed by atoms with E-state index in [1.54, 1.807) is 31.3 Å². The number of aryl methyl sites for hydroxylation is 1. The lowest BCUT2D eigenvalue weighted by atomic mass is 10.1. The van der Waals surface area contributed by atoms with Crippen LogP contribution < -0.4 is 11.3 Å². The standard InChI is InChI=1S/C17H20N4O3/c1-3-10-21-15(22)9-8-14(19-21)17(24)20(2)11-12-4-6-13(7-5-12)16(18)23/h4-9H,3,10-11H2,1-2H3,(H2,18,23). The first-order valence-corrected chi connectivity index (χ1v) is 7.64. The molecule has 126 valence electrons. The van der Waals surface area contributed by atoms with E-state index in [0.717, 1.165) is 12.0 Å². The molecule has 0 fully saturated rings. The first-order valence-electron chi connectivity index (χ1n) is 7.64. The summed E-state index contributed by atoms with van der Waals surface area (Å²) < 4.78 is 1.29. The second-order valence-electron chi connectivity index (χ2n) is 5.50. The average Bonchev–Trinajstić information content (AvgIpc) is 2.57. The van der Waals surface area contributed by atoms with Crippen LogP contribution >= 0.6 is 0 Å². The minimum Gasteiger partial charge on any atom is -0.366 e. The van der Waals surface area contributed by atoms with Gasteiger partial charge >= 0.3 is 0 Å². The van der Waals surface area contributed by atoms with Gasteiger partial charge in [-0.15, -0.1) is 0 Å². The molecule has 0 unspecified atom stereocenters. The van der Waals surface area contributed by atoms with Gasteiger partial charge in [0.1, 0.15) is 5.69 Å². The van der Waals surface area contributed by atoms with Crippen LogP contribution in [0.15, 0.2) is 41.2 Å². The van der Waals surface area contributed by atoms with Gasteiger partial charge in [0.2, 0.25) is 5.91 Å². The molecule has 0 aliphatic carbocycles. The van der Waals surface area contributed by atoms with E-state index in [4.69, 9.17) is 5.73 Å². The Morgan fingerprint density at radius 2 is 1.83 bits per heavy atom. The van der Waals surface area contributed by atoms with Gasteiger partial charge in [-0.2, -0.15) is 5.10 Å². The summed E-state index contributed by atoms with van der Waals surface area (Å²) in [5.41, 5.74) is 6.47. The molecule has 0 spiro atoms. The van der Waals surface area contributed by atoms with Crippen LogP contribution in [0.25, 0.3) is 0 Å². The average molecular weight is 328 g/mol. The van der Waals surface area contributed by atoms with Crippen LogP contribution in [0.4, 0.5) is 0 Å². The molecule has 0 saturated carbocycles. The van der Waals surface area contributed by atoms with E-state index >= 15 is 0 Å². The molecular weight excluding hydrogens is 308 g/mol. The third-order valence-electron chi connectivity index (χ3n) is 3.53. The fraction of sp³-hybridized carbons (Fsp3) is 0.294. The van der Waals surface area contributed by atoms with E-state index in [0.29, 0.717) is 18.7 Å². The summed E-state index contributed by atoms with van der Waals surface area (Å²) in [7, 11) is 1.65. The van der Waals surface area contributed by atoms with Crippen molar-refractivity contribution in [2.45, 2.75) is 26.4 Å². The molecule has 7 heteroatoms. The van der Waals surface area contributed by atoms with E-state index in [2.05, 4.69) is 5.10 Å². The molecule has 2 N–H and O–H groups in total. The van der Waals surface area contributed by atoms with Gasteiger partial charge in [-0.05, 0) is 30.2 Å². The van der Waals surface area contributed by atoms with E-state index < -0.39 is 5.91 Å². The number of nitrogens with zero attached hydrogens (tertiary/aromatic N) is 3. The summed E-state index contributed by atoms with van der Waals surface area (Å²) in [6.07, 6.45) is 0.757. The lowest BCUT2D eigenvalue weighted by Crippen LogP contribution is -2.31. The third-order valence-corrected chi connectivity index (χ3v) is 3.53. The summed E-state index contributed by atoms with van der Waals surface area (Å²) in [6.45, 7) is 2.76. The lowest BCUT2D eigenvalue weighted by molar-refractivity contribution is 0.0776. The first-order chi connectivity index (χ1) is 11.4. The molecular formula is C17H20N4O3. The van der Waals surface area contributed by atoms with Gasteiger partial charge in [0.25, 0.3) is 11.5 Å². The van der Waals surface area contributed by atoms with Crippen LogP contribution in [-0.4, -0.2) is 33.5 Å². The van der Waals surface area contributed by atoms with Crippen LogP contribution in [0, 0.1) is 0 Å². The number of carbonyl (C=O) groups is 2. The molecule has 2 rings (SSSR count). The second kappa shape index (κ2) is 7.54. The zero-order valence-electron chi connectivity index (χ0n) is 13.7. The van der Waals surface area contributed by atoms with Gasteiger partial charge in [0.15, 0.2) is 0 Å². The molecule has 0 atom stereocenters. The second-order valence-corrected chi connectivity index (χ2v) is 5.50. The molecule has 0 aliphatic heterocycles. The highest BCUT2D eigenvalue weighted by atomic mass is 16.2. The topological polar surface area (TPSA) is 98.3 Å². The highest BCUT2D eigenvalue weighted by molar-refractivity contribution is 5.93. The number of rotatable bonds is 6. The number of primary amides is 1. The van der Waals surface area contributed by atoms with Crippen LogP contribution in [0.1, 0.15) is 39.8 Å². The van der Waals surface area contributed by atoms with Crippen LogP contribution in [-0.2, 0) is 13.1 Å². The Kier molecular flexibility index (Phi) is 5.47. The highest BCUT2D eigenvalue weighted by Crippen LogP contribution is 2.08. The Morgan fingerprint density at radius 1 is 1.17 bits per heavy atom. The fourth-order valence-electron chi connectivity index (χ4n) is 2.25. The number of carbonyl (C=O) groups excluding carboxylic acids is 2. The molecule has 2 amide bonds. The molecule has 2 aromatic rings. The van der Waals surface area contributed by atoms with Crippen molar-refractivity contribution in [1.29, 1.82) is 0 Å². The Bertz CT molecular complexity index is 796. The molecule has 0 radical (unpaired) electrons. The predicted molar refractivity (Wildman–Crippen MR) is 89.5 cm³/mol. The number of aromatic nitrogens is 2. The van der Waals surface area contributed by atoms with Gasteiger partial charge < -0.3 is 10.6 Å². The van der Waals surface area contributed by atoms with Crippen molar-refractivity contribution < 1.29 is 9.59 Å². The predicted octanol–water partition coefficient (Wildman–Crippen LogP) is 1.02. The van der Waals surface area contributed by atoms with Gasteiger partial charge in [-0.3, -0.25) is 14.4 Å². The molecule has 0 bridgehead atoms. The maximum Gasteiger partial charge on any atom is 0.274 e. The summed E-state index contributed by atoms with van der Waals surface area (Å²) in [6, 6.07) is 9.52. The number of nitrogens with two attached hydrogens (primary N) is 1. The Balaban J connectivity index is 2.13. The van der Waals surface area contributed by atoms with Gasteiger partial charge in [0, 0.05) is 31.8 Å². The maximum atomic E-state index is 12.5. The van der Waals surface area contributed by atoms with Crippen molar-refractivity contribution in [2.75, 3.05) is 7.05 Å². The minimum absolute atomic E-state index is 0.222. The van der Waals surface area contributed by atoms with E-state index in [9.17, 15) is 14.4 Å². The van der Waals surface area contributed by atoms with Crippen molar-refractivity contribution in [2.24, 2.45) is 5.73 Å². The third kappa shape index (κ3) is 4.07. The van der Waals surface area contributed by atoms with E-state index in [-0.39, 0.29) is 17.2 Å². The van der Waals surface area contributed by atoms with Crippen molar-refractivity contribution in [3.63, 3.8) is 0 Å². The maximum absolute atomic E-state index is 12.5. The van der Waals surface area contributed by atoms with E-state index in [1.807, 2.05) is 6.92 Å². The largest absolute Gasteiger partial charge is 0.366 e. The molecule has 1 heterocycles. The summed E-state index contributed by atoms with van der Waals surface area (Å²) in [5.74, 6) is -0.771. The summed E-state index contributed by atoms with van der Waals surface area (Å²) >= 11 is 0. The summed E-state index contributed by atoms with van der Waals surface area (Å²) in [4.78, 5) is 36.7. The highest BCUT2D eigenvalue weighted by Gasteiger charge is 2.15. The molecule has 1 aromatic heterocycles. The zero-order valence-corrected chi connectivity index (χ0v) is 13.7. The quantitative estimate of drug-likeness (QED) is 0.856. The SMILES string of the molecule is CCCn1nc(C(=O)N(C)Cc2ccc(C(N)=O)cc2)ccc1=O. The van der Waals surface area contributed by atoms with Gasteiger partial charge in [-0.25, -0.2) is 4.68 Å². The molecule has 7 nitrogen and oxygen atoms in total. The molecule has 0 saturated heterocycles. The van der Waals surface area contributed by atoms with Crippen LogP contribution in [0.5, 0.6) is 0 Å². The summed E-state index contributed by atoms with van der Waals surface area (Å²) in [5, 5.41) is 4.11. The van der Waals surface area contributed by atoms with Gasteiger partial charge in [-0.1, -0.05) is 19.1 Å². The van der Waals surface area contributed by atoms with Crippen molar-refractivity contribution in [3.8, 4) is 0 Å². The van der Waals surface area contributed by atoms with Gasteiger partial charge in [0.05, 0.1) is 0 Å². The monoisotopic (exact) mass is 328 g/mol. The van der Waals surface area contributed by atoms with E-state index in [1.165, 1.54) is 21.7 Å². The first kappa shape index (κ1) is 17.4. The number of hydrogen-bond acceptors (Lipinski definition) is 4. The Morgan fingerprint density at radius 3 is 2.42 bits per heavy atom. The minimum atomic E-state index is -0.492. The van der Waals surface area contributed by atoms with Crippen molar-refractivity contribution in [3.05, 3.63) is 63.6 Å². The van der Waals surface area contributed by atoms with Crippen molar-refractivity contribution in [1.82, 2.24) is 14.7 Å². The van der Waals surface area contributed by atoms with Crippen LogP contribution in [0.2, 0.25) is 0 Å². The van der Waals surface area contributed by atoms with Crippen molar-refractivity contribution >= 4 is 11.8 Å². The number of amides is 2. The Labute approximate surface area is 139 Å². The van der Waals surface area contributed by atoms with Crippen LogP contribution in [0.3, 0.4) is 0 Å². The lowest BCUT2D eigenvalue weighted by Gasteiger charge is -2.17.